The summed E-state index contributed by atoms with van der Waals surface area (Å²) in [5.41, 5.74) is 3.21. The number of H-pyrrole nitrogens is 2. The molecule has 2 aromatic carbocycles. The summed E-state index contributed by atoms with van der Waals surface area (Å²) >= 11 is 5.39. The third kappa shape index (κ3) is 1.98. The van der Waals surface area contributed by atoms with Crippen LogP contribution in [0.1, 0.15) is 5.56 Å². The first-order chi connectivity index (χ1) is 10.7. The minimum Gasteiger partial charge on any atom is -0.349 e. The maximum atomic E-state index is 12.8. The van der Waals surface area contributed by atoms with E-state index in [0.717, 1.165) is 22.0 Å². The van der Waals surface area contributed by atoms with Crippen molar-refractivity contribution >= 4 is 34.2 Å². The fourth-order valence-electron chi connectivity index (χ4n) is 2.74. The molecule has 0 radical (unpaired) electrons. The molecule has 108 valence electrons. The smallest absolute Gasteiger partial charge is 0.278 e. The molecule has 0 saturated heterocycles. The lowest BCUT2D eigenvalue weighted by atomic mass is 10.2. The highest BCUT2D eigenvalue weighted by atomic mass is 32.1. The van der Waals surface area contributed by atoms with Gasteiger partial charge in [-0.25, -0.2) is 0 Å². The van der Waals surface area contributed by atoms with Gasteiger partial charge in [-0.1, -0.05) is 48.5 Å². The first-order valence-electron chi connectivity index (χ1n) is 7.01. The zero-order chi connectivity index (χ0) is 15.1. The third-order valence-corrected chi connectivity index (χ3v) is 4.15. The summed E-state index contributed by atoms with van der Waals surface area (Å²) in [6, 6.07) is 17.6. The first kappa shape index (κ1) is 13.0. The number of hydrogen-bond acceptors (Lipinski definition) is 2. The van der Waals surface area contributed by atoms with Gasteiger partial charge in [0.15, 0.2) is 4.77 Å². The summed E-state index contributed by atoms with van der Waals surface area (Å²) < 4.78 is 2.02. The molecule has 4 rings (SSSR count). The molecule has 22 heavy (non-hydrogen) atoms. The first-order valence-corrected chi connectivity index (χ1v) is 7.42. The summed E-state index contributed by atoms with van der Waals surface area (Å²) in [6.07, 6.45) is 0. The standard InChI is InChI=1S/C17H13N3OS/c21-16-15-14(12-8-4-5-9-13(12)18-15)19-17(22)20(16)10-11-6-2-1-3-7-11/h1-9,18H,10H2,(H,19,22). The molecule has 0 unspecified atom stereocenters. The minimum atomic E-state index is -0.0983. The van der Waals surface area contributed by atoms with E-state index in [-0.39, 0.29) is 5.56 Å². The van der Waals surface area contributed by atoms with E-state index in [9.17, 15) is 4.79 Å². The fraction of sp³-hybridized carbons (Fsp3) is 0.0588. The highest BCUT2D eigenvalue weighted by molar-refractivity contribution is 7.71. The van der Waals surface area contributed by atoms with Crippen LogP contribution >= 0.6 is 12.2 Å². The van der Waals surface area contributed by atoms with Gasteiger partial charge in [0.2, 0.25) is 0 Å². The lowest BCUT2D eigenvalue weighted by Crippen LogP contribution is -2.22. The molecule has 2 heterocycles. The molecule has 0 bridgehead atoms. The number of hydrogen-bond donors (Lipinski definition) is 2. The predicted molar refractivity (Wildman–Crippen MR) is 90.8 cm³/mol. The number of nitrogens with one attached hydrogen (secondary N) is 2. The molecule has 0 saturated carbocycles. The van der Waals surface area contributed by atoms with Gasteiger partial charge in [0, 0.05) is 10.9 Å². The van der Waals surface area contributed by atoms with E-state index in [2.05, 4.69) is 9.97 Å². The molecule has 4 nitrogen and oxygen atoms in total. The number of para-hydroxylation sites is 1. The van der Waals surface area contributed by atoms with Gasteiger partial charge in [0.05, 0.1) is 12.1 Å². The van der Waals surface area contributed by atoms with Crippen LogP contribution in [0.4, 0.5) is 0 Å². The van der Waals surface area contributed by atoms with E-state index < -0.39 is 0 Å². The van der Waals surface area contributed by atoms with Gasteiger partial charge in [-0.3, -0.25) is 9.36 Å². The van der Waals surface area contributed by atoms with Gasteiger partial charge in [0.25, 0.3) is 5.56 Å². The van der Waals surface area contributed by atoms with Crippen molar-refractivity contribution < 1.29 is 0 Å². The minimum absolute atomic E-state index is 0.0983. The Kier molecular flexibility index (Phi) is 2.94. The molecule has 0 spiro atoms. The van der Waals surface area contributed by atoms with Crippen LogP contribution in [0.3, 0.4) is 0 Å². The molecule has 0 fully saturated rings. The number of rotatable bonds is 2. The molecular weight excluding hydrogens is 294 g/mol. The Morgan fingerprint density at radius 1 is 0.909 bits per heavy atom. The second kappa shape index (κ2) is 4.96. The Balaban J connectivity index is 1.99. The van der Waals surface area contributed by atoms with Crippen molar-refractivity contribution in [2.75, 3.05) is 0 Å². The van der Waals surface area contributed by atoms with Gasteiger partial charge in [-0.2, -0.15) is 0 Å². The van der Waals surface area contributed by atoms with E-state index in [1.807, 2.05) is 54.6 Å². The van der Waals surface area contributed by atoms with Crippen LogP contribution in [-0.2, 0) is 6.54 Å². The summed E-state index contributed by atoms with van der Waals surface area (Å²) in [4.78, 5) is 19.1. The summed E-state index contributed by atoms with van der Waals surface area (Å²) in [6.45, 7) is 0.459. The zero-order valence-corrected chi connectivity index (χ0v) is 12.5. The van der Waals surface area contributed by atoms with Crippen molar-refractivity contribution in [3.05, 3.63) is 75.3 Å². The van der Waals surface area contributed by atoms with Crippen LogP contribution in [0.2, 0.25) is 0 Å². The number of aromatic nitrogens is 3. The molecule has 0 aliphatic rings. The Labute approximate surface area is 131 Å². The molecule has 0 amide bonds. The number of benzene rings is 2. The third-order valence-electron chi connectivity index (χ3n) is 3.83. The van der Waals surface area contributed by atoms with E-state index in [1.165, 1.54) is 0 Å². The Morgan fingerprint density at radius 2 is 1.64 bits per heavy atom. The Hall–Kier alpha value is -2.66. The van der Waals surface area contributed by atoms with Crippen molar-refractivity contribution in [3.63, 3.8) is 0 Å². The SMILES string of the molecule is O=c1c2[nH]c3ccccc3c2[nH]c(=S)n1Cc1ccccc1. The summed E-state index contributed by atoms with van der Waals surface area (Å²) in [5.74, 6) is 0. The van der Waals surface area contributed by atoms with Crippen molar-refractivity contribution in [2.45, 2.75) is 6.54 Å². The number of nitrogens with zero attached hydrogens (tertiary/aromatic N) is 1. The molecule has 2 N–H and O–H groups in total. The van der Waals surface area contributed by atoms with E-state index in [1.54, 1.807) is 4.57 Å². The van der Waals surface area contributed by atoms with E-state index >= 15 is 0 Å². The normalized spacial score (nSPS) is 11.3. The highest BCUT2D eigenvalue weighted by Gasteiger charge is 2.11. The number of fused-ring (bicyclic) bond motifs is 3. The van der Waals surface area contributed by atoms with Crippen molar-refractivity contribution in [2.24, 2.45) is 0 Å². The molecule has 5 heteroatoms. The lowest BCUT2D eigenvalue weighted by Gasteiger charge is -2.06. The molecule has 0 aliphatic carbocycles. The van der Waals surface area contributed by atoms with Crippen molar-refractivity contribution in [1.82, 2.24) is 14.5 Å². The lowest BCUT2D eigenvalue weighted by molar-refractivity contribution is 0.733. The van der Waals surface area contributed by atoms with Crippen LogP contribution < -0.4 is 5.56 Å². The molecule has 2 aromatic heterocycles. The van der Waals surface area contributed by atoms with Gasteiger partial charge in [0.1, 0.15) is 5.52 Å². The molecule has 0 aliphatic heterocycles. The molecule has 4 aromatic rings. The van der Waals surface area contributed by atoms with Crippen LogP contribution in [0, 0.1) is 4.77 Å². The van der Waals surface area contributed by atoms with Crippen LogP contribution in [-0.4, -0.2) is 14.5 Å². The largest absolute Gasteiger partial charge is 0.349 e. The van der Waals surface area contributed by atoms with Gasteiger partial charge >= 0.3 is 0 Å². The van der Waals surface area contributed by atoms with E-state index in [0.29, 0.717) is 16.8 Å². The topological polar surface area (TPSA) is 53.6 Å². The second-order valence-electron chi connectivity index (χ2n) is 5.23. The average molecular weight is 307 g/mol. The van der Waals surface area contributed by atoms with Crippen LogP contribution in [0.5, 0.6) is 0 Å². The fourth-order valence-corrected chi connectivity index (χ4v) is 2.99. The van der Waals surface area contributed by atoms with Crippen LogP contribution in [0.25, 0.3) is 21.9 Å². The van der Waals surface area contributed by atoms with Crippen LogP contribution in [0.15, 0.2) is 59.4 Å². The van der Waals surface area contributed by atoms with E-state index in [4.69, 9.17) is 12.2 Å². The molecule has 0 atom stereocenters. The monoisotopic (exact) mass is 307 g/mol. The Bertz CT molecular complexity index is 1090. The quantitative estimate of drug-likeness (QED) is 0.556. The van der Waals surface area contributed by atoms with Crippen molar-refractivity contribution in [3.8, 4) is 0 Å². The Morgan fingerprint density at radius 3 is 2.45 bits per heavy atom. The number of aromatic amines is 2. The average Bonchev–Trinajstić information content (AvgIpc) is 2.91. The maximum Gasteiger partial charge on any atom is 0.278 e. The maximum absolute atomic E-state index is 12.8. The second-order valence-corrected chi connectivity index (χ2v) is 5.61. The van der Waals surface area contributed by atoms with Gasteiger partial charge in [-0.05, 0) is 23.8 Å². The van der Waals surface area contributed by atoms with Gasteiger partial charge < -0.3 is 9.97 Å². The van der Waals surface area contributed by atoms with Gasteiger partial charge in [-0.15, -0.1) is 0 Å². The van der Waals surface area contributed by atoms with Crippen molar-refractivity contribution in [1.29, 1.82) is 0 Å². The zero-order valence-electron chi connectivity index (χ0n) is 11.7. The highest BCUT2D eigenvalue weighted by Crippen LogP contribution is 2.21. The summed E-state index contributed by atoms with van der Waals surface area (Å²) in [5, 5.41) is 0.979. The summed E-state index contributed by atoms with van der Waals surface area (Å²) in [7, 11) is 0. The predicted octanol–water partition coefficient (Wildman–Crippen LogP) is 3.59. The molecular formula is C17H13N3OS.